The van der Waals surface area contributed by atoms with Gasteiger partial charge in [0.2, 0.25) is 0 Å². The molecule has 0 bridgehead atoms. The highest BCUT2D eigenvalue weighted by molar-refractivity contribution is 7.89. The Morgan fingerprint density at radius 2 is 1.38 bits per heavy atom. The largest absolute Gasteiger partial charge is 0.0995 e. The van der Waals surface area contributed by atoms with Crippen molar-refractivity contribution in [3.8, 4) is 0 Å². The van der Waals surface area contributed by atoms with Crippen molar-refractivity contribution in [3.63, 3.8) is 0 Å². The van der Waals surface area contributed by atoms with Gasteiger partial charge in [0.1, 0.15) is 0 Å². The molecule has 1 aliphatic heterocycles. The van der Waals surface area contributed by atoms with E-state index in [1.165, 1.54) is 29.9 Å². The van der Waals surface area contributed by atoms with Gasteiger partial charge in [-0.25, -0.2) is 0 Å². The SMILES string of the molecule is CCC1C[P+](c2ccccc2)(c2ccccc2)Cc2c1ccc(C)c2C. The van der Waals surface area contributed by atoms with E-state index in [2.05, 4.69) is 93.6 Å². The lowest BCUT2D eigenvalue weighted by atomic mass is 9.89. The summed E-state index contributed by atoms with van der Waals surface area (Å²) in [5.74, 6) is 0.659. The first-order chi connectivity index (χ1) is 12.7. The van der Waals surface area contributed by atoms with Crippen LogP contribution in [0.2, 0.25) is 0 Å². The van der Waals surface area contributed by atoms with Gasteiger partial charge in [0.05, 0.1) is 30.2 Å². The lowest BCUT2D eigenvalue weighted by Gasteiger charge is -2.37. The Morgan fingerprint density at radius 1 is 0.808 bits per heavy atom. The minimum absolute atomic E-state index is 0.659. The topological polar surface area (TPSA) is 0 Å². The Bertz CT molecular complexity index is 857. The maximum atomic E-state index is 2.41. The molecule has 0 N–H and O–H groups in total. The summed E-state index contributed by atoms with van der Waals surface area (Å²) in [5, 5.41) is 3.13. The van der Waals surface area contributed by atoms with Crippen LogP contribution in [0.15, 0.2) is 72.8 Å². The van der Waals surface area contributed by atoms with Crippen LogP contribution in [0, 0.1) is 13.8 Å². The average Bonchev–Trinajstić information content (AvgIpc) is 2.71. The Hall–Kier alpha value is -1.91. The summed E-state index contributed by atoms with van der Waals surface area (Å²) < 4.78 is 0. The van der Waals surface area contributed by atoms with Crippen molar-refractivity contribution >= 4 is 17.9 Å². The smallest absolute Gasteiger partial charge is 0.0647 e. The Kier molecular flexibility index (Phi) is 4.72. The molecule has 0 amide bonds. The quantitative estimate of drug-likeness (QED) is 0.505. The third-order valence-electron chi connectivity index (χ3n) is 6.30. The maximum Gasteiger partial charge on any atom is 0.0995 e. The summed E-state index contributed by atoms with van der Waals surface area (Å²) >= 11 is 0. The van der Waals surface area contributed by atoms with Crippen LogP contribution >= 0.6 is 7.26 Å². The van der Waals surface area contributed by atoms with Crippen molar-refractivity contribution in [2.24, 2.45) is 0 Å². The molecule has 4 rings (SSSR count). The fourth-order valence-electron chi connectivity index (χ4n) is 4.61. The zero-order valence-electron chi connectivity index (χ0n) is 16.1. The van der Waals surface area contributed by atoms with E-state index < -0.39 is 7.26 Å². The molecule has 132 valence electrons. The summed E-state index contributed by atoms with van der Waals surface area (Å²) in [5.41, 5.74) is 6.18. The van der Waals surface area contributed by atoms with E-state index in [4.69, 9.17) is 0 Å². The number of hydrogen-bond acceptors (Lipinski definition) is 0. The summed E-state index contributed by atoms with van der Waals surface area (Å²) in [6.45, 7) is 6.95. The van der Waals surface area contributed by atoms with Gasteiger partial charge in [-0.3, -0.25) is 0 Å². The Morgan fingerprint density at radius 3 is 1.92 bits per heavy atom. The van der Waals surface area contributed by atoms with Gasteiger partial charge in [-0.05, 0) is 66.8 Å². The first-order valence-corrected chi connectivity index (χ1v) is 11.9. The first kappa shape index (κ1) is 17.5. The molecule has 1 aliphatic rings. The molecule has 0 aromatic heterocycles. The number of fused-ring (bicyclic) bond motifs is 1. The van der Waals surface area contributed by atoms with Crippen LogP contribution in [0.1, 0.15) is 41.5 Å². The minimum Gasteiger partial charge on any atom is -0.0647 e. The minimum atomic E-state index is -1.45. The van der Waals surface area contributed by atoms with Gasteiger partial charge >= 0.3 is 0 Å². The predicted octanol–water partition coefficient (Wildman–Crippen LogP) is 5.98. The van der Waals surface area contributed by atoms with E-state index in [-0.39, 0.29) is 0 Å². The monoisotopic (exact) mass is 359 g/mol. The van der Waals surface area contributed by atoms with Gasteiger partial charge in [0.25, 0.3) is 0 Å². The number of aryl methyl sites for hydroxylation is 1. The highest BCUT2D eigenvalue weighted by Gasteiger charge is 2.48. The van der Waals surface area contributed by atoms with E-state index in [0.29, 0.717) is 5.92 Å². The molecule has 3 aromatic carbocycles. The average molecular weight is 359 g/mol. The lowest BCUT2D eigenvalue weighted by molar-refractivity contribution is 0.719. The van der Waals surface area contributed by atoms with E-state index in [9.17, 15) is 0 Å². The van der Waals surface area contributed by atoms with Gasteiger partial charge < -0.3 is 0 Å². The van der Waals surface area contributed by atoms with Crippen molar-refractivity contribution < 1.29 is 0 Å². The predicted molar refractivity (Wildman–Crippen MR) is 117 cm³/mol. The van der Waals surface area contributed by atoms with Crippen molar-refractivity contribution in [2.45, 2.75) is 39.3 Å². The second-order valence-corrected chi connectivity index (χ2v) is 11.3. The van der Waals surface area contributed by atoms with Gasteiger partial charge in [0.15, 0.2) is 0 Å². The second-order valence-electron chi connectivity index (χ2n) is 7.66. The van der Waals surface area contributed by atoms with Crippen LogP contribution in [-0.2, 0) is 6.16 Å². The van der Waals surface area contributed by atoms with Gasteiger partial charge in [0, 0.05) is 5.92 Å². The third-order valence-corrected chi connectivity index (χ3v) is 10.8. The molecule has 0 nitrogen and oxygen atoms in total. The summed E-state index contributed by atoms with van der Waals surface area (Å²) in [6.07, 6.45) is 3.73. The van der Waals surface area contributed by atoms with Crippen LogP contribution in [0.3, 0.4) is 0 Å². The standard InChI is InChI=1S/C25H28P/c1-4-21-17-26(22-11-7-5-8-12-22,23-13-9-6-10-14-23)18-25-20(3)19(2)15-16-24(21)25/h5-16,21H,4,17-18H2,1-3H3/q+1. The van der Waals surface area contributed by atoms with E-state index in [0.717, 1.165) is 0 Å². The molecular weight excluding hydrogens is 331 g/mol. The van der Waals surface area contributed by atoms with Gasteiger partial charge in [-0.15, -0.1) is 0 Å². The zero-order chi connectivity index (χ0) is 18.1. The zero-order valence-corrected chi connectivity index (χ0v) is 17.0. The molecular formula is C25H28P+. The number of benzene rings is 3. The fourth-order valence-corrected chi connectivity index (χ4v) is 9.48. The molecule has 3 aromatic rings. The van der Waals surface area contributed by atoms with E-state index in [1.807, 2.05) is 0 Å². The highest BCUT2D eigenvalue weighted by Crippen LogP contribution is 2.65. The molecule has 0 fully saturated rings. The fraction of sp³-hybridized carbons (Fsp3) is 0.280. The van der Waals surface area contributed by atoms with Crippen molar-refractivity contribution in [1.29, 1.82) is 0 Å². The summed E-state index contributed by atoms with van der Waals surface area (Å²) in [4.78, 5) is 0. The van der Waals surface area contributed by atoms with Crippen LogP contribution < -0.4 is 10.6 Å². The van der Waals surface area contributed by atoms with E-state index >= 15 is 0 Å². The van der Waals surface area contributed by atoms with Crippen LogP contribution in [0.25, 0.3) is 0 Å². The Labute approximate surface area is 158 Å². The molecule has 0 radical (unpaired) electrons. The van der Waals surface area contributed by atoms with Crippen molar-refractivity contribution in [3.05, 3.63) is 95.1 Å². The molecule has 1 atom stereocenters. The van der Waals surface area contributed by atoms with Crippen molar-refractivity contribution in [2.75, 3.05) is 6.16 Å². The molecule has 1 heterocycles. The summed E-state index contributed by atoms with van der Waals surface area (Å²) in [7, 11) is -1.45. The highest BCUT2D eigenvalue weighted by atomic mass is 31.2. The second kappa shape index (κ2) is 7.01. The third kappa shape index (κ3) is 2.81. The molecule has 0 saturated carbocycles. The van der Waals surface area contributed by atoms with Crippen LogP contribution in [0.5, 0.6) is 0 Å². The Balaban J connectivity index is 1.97. The molecule has 0 aliphatic carbocycles. The summed E-state index contributed by atoms with van der Waals surface area (Å²) in [6, 6.07) is 27.4. The van der Waals surface area contributed by atoms with Crippen LogP contribution in [0.4, 0.5) is 0 Å². The van der Waals surface area contributed by atoms with Crippen molar-refractivity contribution in [1.82, 2.24) is 0 Å². The molecule has 26 heavy (non-hydrogen) atoms. The van der Waals surface area contributed by atoms with Crippen LogP contribution in [-0.4, -0.2) is 6.16 Å². The molecule has 0 spiro atoms. The van der Waals surface area contributed by atoms with Gasteiger partial charge in [-0.2, -0.15) is 0 Å². The number of rotatable bonds is 3. The number of hydrogen-bond donors (Lipinski definition) is 0. The van der Waals surface area contributed by atoms with Gasteiger partial charge in [-0.1, -0.05) is 55.5 Å². The normalized spacial score (nSPS) is 18.3. The maximum absolute atomic E-state index is 2.41. The molecule has 0 saturated heterocycles. The molecule has 1 heteroatoms. The molecule has 1 unspecified atom stereocenters. The van der Waals surface area contributed by atoms with E-state index in [1.54, 1.807) is 21.7 Å². The first-order valence-electron chi connectivity index (χ1n) is 9.73. The lowest BCUT2D eigenvalue weighted by Crippen LogP contribution is -2.32.